The molecule has 0 saturated heterocycles. The molecule has 0 atom stereocenters. The van der Waals surface area contributed by atoms with E-state index in [1.807, 2.05) is 12.1 Å². The van der Waals surface area contributed by atoms with Crippen molar-refractivity contribution in [1.29, 1.82) is 0 Å². The highest BCUT2D eigenvalue weighted by atomic mass is 16.5. The topological polar surface area (TPSA) is 66.8 Å². The van der Waals surface area contributed by atoms with Gasteiger partial charge in [0.15, 0.2) is 0 Å². The van der Waals surface area contributed by atoms with Gasteiger partial charge in [0.25, 0.3) is 0 Å². The highest BCUT2D eigenvalue weighted by Crippen LogP contribution is 2.36. The average molecular weight is 348 g/mol. The van der Waals surface area contributed by atoms with Crippen molar-refractivity contribution < 1.29 is 19.7 Å². The van der Waals surface area contributed by atoms with Gasteiger partial charge < -0.3 is 14.9 Å². The van der Waals surface area contributed by atoms with Gasteiger partial charge in [-0.2, -0.15) is 0 Å². The van der Waals surface area contributed by atoms with Crippen LogP contribution in [0.2, 0.25) is 0 Å². The van der Waals surface area contributed by atoms with Crippen LogP contribution in [0, 0.1) is 5.92 Å². The third-order valence-electron chi connectivity index (χ3n) is 5.25. The predicted molar refractivity (Wildman–Crippen MR) is 99.1 cm³/mol. The summed E-state index contributed by atoms with van der Waals surface area (Å²) in [5.41, 5.74) is 1.31. The Balaban J connectivity index is 1.62. The second-order valence-corrected chi connectivity index (χ2v) is 7.15. The van der Waals surface area contributed by atoms with Gasteiger partial charge in [0.1, 0.15) is 5.75 Å². The molecular formula is C21H32O4. The smallest absolute Gasteiger partial charge is 0.306 e. The maximum absolute atomic E-state index is 11.0. The van der Waals surface area contributed by atoms with Crippen molar-refractivity contribution in [2.45, 2.75) is 70.1 Å². The minimum Gasteiger partial charge on any atom is -0.494 e. The summed E-state index contributed by atoms with van der Waals surface area (Å²) in [7, 11) is 0. The number of hydrogen-bond donors (Lipinski definition) is 2. The minimum absolute atomic E-state index is 0.150. The lowest BCUT2D eigenvalue weighted by Gasteiger charge is -2.26. The number of rotatable bonds is 11. The van der Waals surface area contributed by atoms with Crippen LogP contribution in [0.4, 0.5) is 0 Å². The molecule has 2 rings (SSSR count). The van der Waals surface area contributed by atoms with Crippen molar-refractivity contribution in [3.05, 3.63) is 29.8 Å². The lowest BCUT2D eigenvalue weighted by atomic mass is 9.79. The number of carbonyl (C=O) groups is 1. The molecule has 0 aromatic heterocycles. The van der Waals surface area contributed by atoms with E-state index >= 15 is 0 Å². The van der Waals surface area contributed by atoms with E-state index in [-0.39, 0.29) is 5.92 Å². The lowest BCUT2D eigenvalue weighted by Crippen LogP contribution is -2.20. The van der Waals surface area contributed by atoms with Gasteiger partial charge in [0.05, 0.1) is 12.5 Å². The van der Waals surface area contributed by atoms with E-state index in [4.69, 9.17) is 14.9 Å². The Morgan fingerprint density at radius 1 is 0.920 bits per heavy atom. The van der Waals surface area contributed by atoms with Gasteiger partial charge in [-0.25, -0.2) is 0 Å². The van der Waals surface area contributed by atoms with Crippen LogP contribution in [0.15, 0.2) is 24.3 Å². The van der Waals surface area contributed by atoms with Gasteiger partial charge in [-0.1, -0.05) is 37.8 Å². The molecule has 0 unspecified atom stereocenters. The Labute approximate surface area is 151 Å². The SMILES string of the molecule is O=C(O)[C@H]1CC[C@H](c2ccc(OCCCCCCCCO)cc2)CC1. The molecule has 2 N–H and O–H groups in total. The first-order valence-corrected chi connectivity index (χ1v) is 9.77. The highest BCUT2D eigenvalue weighted by molar-refractivity contribution is 5.70. The molecule has 1 saturated carbocycles. The Morgan fingerprint density at radius 2 is 1.52 bits per heavy atom. The quantitative estimate of drug-likeness (QED) is 0.566. The third-order valence-corrected chi connectivity index (χ3v) is 5.25. The number of hydrogen-bond acceptors (Lipinski definition) is 3. The Hall–Kier alpha value is -1.55. The first kappa shape index (κ1) is 19.8. The molecule has 4 heteroatoms. The molecule has 4 nitrogen and oxygen atoms in total. The molecule has 0 amide bonds. The highest BCUT2D eigenvalue weighted by Gasteiger charge is 2.26. The van der Waals surface area contributed by atoms with Gasteiger partial charge in [0, 0.05) is 6.61 Å². The summed E-state index contributed by atoms with van der Waals surface area (Å²) in [6.07, 6.45) is 10.2. The van der Waals surface area contributed by atoms with Crippen LogP contribution in [0.25, 0.3) is 0 Å². The summed E-state index contributed by atoms with van der Waals surface area (Å²) >= 11 is 0. The van der Waals surface area contributed by atoms with Crippen molar-refractivity contribution in [3.8, 4) is 5.75 Å². The van der Waals surface area contributed by atoms with Crippen molar-refractivity contribution in [3.63, 3.8) is 0 Å². The zero-order valence-corrected chi connectivity index (χ0v) is 15.2. The molecule has 1 aromatic carbocycles. The maximum atomic E-state index is 11.0. The summed E-state index contributed by atoms with van der Waals surface area (Å²) in [5.74, 6) is 0.616. The molecule has 25 heavy (non-hydrogen) atoms. The van der Waals surface area contributed by atoms with Gasteiger partial charge in [0.2, 0.25) is 0 Å². The molecule has 1 fully saturated rings. The van der Waals surface area contributed by atoms with E-state index in [0.29, 0.717) is 12.5 Å². The second kappa shape index (κ2) is 11.1. The fraction of sp³-hybridized carbons (Fsp3) is 0.667. The summed E-state index contributed by atoms with van der Waals surface area (Å²) in [6.45, 7) is 1.06. The predicted octanol–water partition coefficient (Wildman–Crippen LogP) is 4.76. The number of aliphatic hydroxyl groups is 1. The van der Waals surface area contributed by atoms with Crippen LogP contribution >= 0.6 is 0 Å². The average Bonchev–Trinajstić information content (AvgIpc) is 2.64. The van der Waals surface area contributed by atoms with Crippen LogP contribution in [0.3, 0.4) is 0 Å². The monoisotopic (exact) mass is 348 g/mol. The van der Waals surface area contributed by atoms with E-state index in [2.05, 4.69) is 12.1 Å². The number of benzene rings is 1. The summed E-state index contributed by atoms with van der Waals surface area (Å²) in [5, 5.41) is 17.8. The van der Waals surface area contributed by atoms with Crippen molar-refractivity contribution in [1.82, 2.24) is 0 Å². The minimum atomic E-state index is -0.643. The zero-order valence-electron chi connectivity index (χ0n) is 15.2. The van der Waals surface area contributed by atoms with Crippen molar-refractivity contribution in [2.75, 3.05) is 13.2 Å². The number of aliphatic hydroxyl groups excluding tert-OH is 1. The molecule has 140 valence electrons. The van der Waals surface area contributed by atoms with E-state index < -0.39 is 5.97 Å². The molecular weight excluding hydrogens is 316 g/mol. The maximum Gasteiger partial charge on any atom is 0.306 e. The molecule has 0 aliphatic heterocycles. The van der Waals surface area contributed by atoms with Crippen LogP contribution in [0.5, 0.6) is 5.75 Å². The van der Waals surface area contributed by atoms with Crippen molar-refractivity contribution in [2.24, 2.45) is 5.92 Å². The fourth-order valence-corrected chi connectivity index (χ4v) is 3.62. The molecule has 1 aliphatic carbocycles. The van der Waals surface area contributed by atoms with Gasteiger partial charge >= 0.3 is 5.97 Å². The molecule has 1 aliphatic rings. The molecule has 0 spiro atoms. The van der Waals surface area contributed by atoms with Gasteiger partial charge in [-0.05, 0) is 62.1 Å². The Bertz CT molecular complexity index is 489. The normalized spacial score (nSPS) is 20.4. The van der Waals surface area contributed by atoms with Crippen LogP contribution < -0.4 is 4.74 Å². The first-order valence-electron chi connectivity index (χ1n) is 9.77. The molecule has 0 radical (unpaired) electrons. The van der Waals surface area contributed by atoms with Crippen LogP contribution in [-0.2, 0) is 4.79 Å². The zero-order chi connectivity index (χ0) is 17.9. The number of aliphatic carboxylic acids is 1. The number of carboxylic acid groups (broad SMARTS) is 1. The largest absolute Gasteiger partial charge is 0.494 e. The van der Waals surface area contributed by atoms with Gasteiger partial charge in [-0.15, -0.1) is 0 Å². The Morgan fingerprint density at radius 3 is 2.12 bits per heavy atom. The van der Waals surface area contributed by atoms with Crippen molar-refractivity contribution >= 4 is 5.97 Å². The van der Waals surface area contributed by atoms with E-state index in [9.17, 15) is 4.79 Å². The van der Waals surface area contributed by atoms with Crippen LogP contribution in [0.1, 0.15) is 75.7 Å². The second-order valence-electron chi connectivity index (χ2n) is 7.15. The molecule has 0 heterocycles. The summed E-state index contributed by atoms with van der Waals surface area (Å²) in [4.78, 5) is 11.0. The number of unbranched alkanes of at least 4 members (excludes halogenated alkanes) is 5. The molecule has 1 aromatic rings. The third kappa shape index (κ3) is 7.07. The van der Waals surface area contributed by atoms with E-state index in [1.54, 1.807) is 0 Å². The van der Waals surface area contributed by atoms with E-state index in [1.165, 1.54) is 24.8 Å². The lowest BCUT2D eigenvalue weighted by molar-refractivity contribution is -0.142. The van der Waals surface area contributed by atoms with Crippen LogP contribution in [-0.4, -0.2) is 29.4 Å². The Kier molecular flexibility index (Phi) is 8.81. The summed E-state index contributed by atoms with van der Waals surface area (Å²) < 4.78 is 5.81. The standard InChI is InChI=1S/C21H32O4/c22-15-5-3-1-2-4-6-16-25-20-13-11-18(12-14-20)17-7-9-19(10-8-17)21(23)24/h11-14,17,19,22H,1-10,15-16H2,(H,23,24)/t17-,19-. The fourth-order valence-electron chi connectivity index (χ4n) is 3.62. The van der Waals surface area contributed by atoms with E-state index in [0.717, 1.165) is 57.3 Å². The van der Waals surface area contributed by atoms with Gasteiger partial charge in [-0.3, -0.25) is 4.79 Å². The first-order chi connectivity index (χ1) is 12.2. The number of carboxylic acids is 1. The summed E-state index contributed by atoms with van der Waals surface area (Å²) in [6, 6.07) is 8.35. The number of ether oxygens (including phenoxy) is 1. The molecule has 0 bridgehead atoms.